The predicted octanol–water partition coefficient (Wildman–Crippen LogP) is 4.08. The van der Waals surface area contributed by atoms with Crippen molar-refractivity contribution in [3.05, 3.63) is 0 Å². The number of hydrogen-bond acceptors (Lipinski definition) is 2. The van der Waals surface area contributed by atoms with Gasteiger partial charge in [0.05, 0.1) is 0 Å². The first-order chi connectivity index (χ1) is 7.41. The second-order valence-corrected chi connectivity index (χ2v) is 5.46. The zero-order valence-corrected chi connectivity index (χ0v) is 11.5. The minimum Gasteiger partial charge on any atom is -0.317 e. The van der Waals surface area contributed by atoms with Crippen molar-refractivity contribution < 1.29 is 0 Å². The molecule has 0 saturated carbocycles. The zero-order valence-electron chi connectivity index (χ0n) is 10.7. The lowest BCUT2D eigenvalue weighted by Crippen LogP contribution is -2.17. The maximum Gasteiger partial charge on any atom is -0.00411 e. The van der Waals surface area contributed by atoms with Gasteiger partial charge in [-0.05, 0) is 37.4 Å². The lowest BCUT2D eigenvalue weighted by molar-refractivity contribution is 0.571. The van der Waals surface area contributed by atoms with Crippen LogP contribution in [0.3, 0.4) is 0 Å². The first kappa shape index (κ1) is 15.3. The van der Waals surface area contributed by atoms with Crippen LogP contribution in [0.2, 0.25) is 0 Å². The van der Waals surface area contributed by atoms with Gasteiger partial charge >= 0.3 is 0 Å². The van der Waals surface area contributed by atoms with Crippen molar-refractivity contribution in [3.8, 4) is 0 Å². The normalized spacial score (nSPS) is 10.8. The molecule has 0 atom stereocenters. The Hall–Kier alpha value is 0.310. The van der Waals surface area contributed by atoms with Crippen molar-refractivity contribution >= 4 is 11.8 Å². The minimum absolute atomic E-state index is 1.21. The summed E-state index contributed by atoms with van der Waals surface area (Å²) in [6.45, 7) is 6.94. The Kier molecular flexibility index (Phi) is 14.6. The van der Waals surface area contributed by atoms with Gasteiger partial charge in [-0.1, -0.05) is 46.0 Å². The standard InChI is InChI=1S/C13H29NS/c1-3-5-6-7-8-9-11-14-12-10-13-15-4-2/h14H,3-13H2,1-2H3. The van der Waals surface area contributed by atoms with Gasteiger partial charge in [0, 0.05) is 0 Å². The number of unbranched alkanes of at least 4 members (excludes halogenated alkanes) is 5. The largest absolute Gasteiger partial charge is 0.317 e. The lowest BCUT2D eigenvalue weighted by Gasteiger charge is -2.04. The van der Waals surface area contributed by atoms with E-state index in [0.717, 1.165) is 0 Å². The second kappa shape index (κ2) is 14.3. The summed E-state index contributed by atoms with van der Waals surface area (Å²) in [6.07, 6.45) is 9.75. The molecular weight excluding hydrogens is 202 g/mol. The molecule has 0 amide bonds. The van der Waals surface area contributed by atoms with Gasteiger partial charge in [0.1, 0.15) is 0 Å². The topological polar surface area (TPSA) is 12.0 Å². The molecule has 0 radical (unpaired) electrons. The molecule has 0 rings (SSSR count). The Bertz CT molecular complexity index is 94.7. The summed E-state index contributed by atoms with van der Waals surface area (Å²) in [6, 6.07) is 0. The summed E-state index contributed by atoms with van der Waals surface area (Å²) in [5, 5.41) is 3.52. The van der Waals surface area contributed by atoms with Gasteiger partial charge in [0.2, 0.25) is 0 Å². The van der Waals surface area contributed by atoms with Crippen molar-refractivity contribution in [1.29, 1.82) is 0 Å². The van der Waals surface area contributed by atoms with Gasteiger partial charge in [-0.2, -0.15) is 11.8 Å². The fourth-order valence-corrected chi connectivity index (χ4v) is 2.24. The lowest BCUT2D eigenvalue weighted by atomic mass is 10.1. The molecule has 0 saturated heterocycles. The van der Waals surface area contributed by atoms with E-state index in [2.05, 4.69) is 19.2 Å². The first-order valence-corrected chi connectivity index (χ1v) is 7.85. The third-order valence-electron chi connectivity index (χ3n) is 2.55. The van der Waals surface area contributed by atoms with Gasteiger partial charge < -0.3 is 5.32 Å². The van der Waals surface area contributed by atoms with Crippen molar-refractivity contribution in [2.45, 2.75) is 58.8 Å². The van der Waals surface area contributed by atoms with Crippen LogP contribution in [-0.2, 0) is 0 Å². The van der Waals surface area contributed by atoms with Crippen molar-refractivity contribution in [3.63, 3.8) is 0 Å². The van der Waals surface area contributed by atoms with Gasteiger partial charge in [-0.15, -0.1) is 0 Å². The van der Waals surface area contributed by atoms with Crippen molar-refractivity contribution in [2.75, 3.05) is 24.6 Å². The van der Waals surface area contributed by atoms with Gasteiger partial charge in [-0.25, -0.2) is 0 Å². The van der Waals surface area contributed by atoms with Crippen LogP contribution >= 0.6 is 11.8 Å². The third kappa shape index (κ3) is 14.3. The van der Waals surface area contributed by atoms with E-state index in [1.165, 1.54) is 69.5 Å². The smallest absolute Gasteiger partial charge is 0.00411 e. The molecule has 0 fully saturated rings. The summed E-state index contributed by atoms with van der Waals surface area (Å²) < 4.78 is 0. The van der Waals surface area contributed by atoms with Crippen LogP contribution in [0.25, 0.3) is 0 Å². The molecule has 0 unspecified atom stereocenters. The summed E-state index contributed by atoms with van der Waals surface area (Å²) >= 11 is 2.05. The Morgan fingerprint density at radius 3 is 2.20 bits per heavy atom. The molecule has 0 heterocycles. The number of thioether (sulfide) groups is 1. The van der Waals surface area contributed by atoms with Crippen LogP contribution in [0.5, 0.6) is 0 Å². The first-order valence-electron chi connectivity index (χ1n) is 6.70. The third-order valence-corrected chi connectivity index (χ3v) is 3.54. The highest BCUT2D eigenvalue weighted by Gasteiger charge is 1.91. The summed E-state index contributed by atoms with van der Waals surface area (Å²) in [5.74, 6) is 2.58. The van der Waals surface area contributed by atoms with Crippen LogP contribution in [-0.4, -0.2) is 24.6 Å². The molecular formula is C13H29NS. The predicted molar refractivity (Wildman–Crippen MR) is 73.9 cm³/mol. The molecule has 0 aromatic rings. The van der Waals surface area contributed by atoms with E-state index in [4.69, 9.17) is 0 Å². The van der Waals surface area contributed by atoms with Crippen LogP contribution in [0, 0.1) is 0 Å². The van der Waals surface area contributed by atoms with Crippen LogP contribution in [0.1, 0.15) is 58.8 Å². The summed E-state index contributed by atoms with van der Waals surface area (Å²) in [4.78, 5) is 0. The number of rotatable bonds is 12. The minimum atomic E-state index is 1.21. The molecule has 92 valence electrons. The molecule has 0 aliphatic carbocycles. The van der Waals surface area contributed by atoms with E-state index in [-0.39, 0.29) is 0 Å². The molecule has 0 aliphatic heterocycles. The number of nitrogens with one attached hydrogen (secondary N) is 1. The maximum absolute atomic E-state index is 3.52. The Morgan fingerprint density at radius 2 is 1.47 bits per heavy atom. The SMILES string of the molecule is CCCCCCCCNCCCSCC. The van der Waals surface area contributed by atoms with E-state index >= 15 is 0 Å². The monoisotopic (exact) mass is 231 g/mol. The van der Waals surface area contributed by atoms with Gasteiger partial charge in [-0.3, -0.25) is 0 Å². The molecule has 0 spiro atoms. The summed E-state index contributed by atoms with van der Waals surface area (Å²) in [5.41, 5.74) is 0. The van der Waals surface area contributed by atoms with Crippen molar-refractivity contribution in [2.24, 2.45) is 0 Å². The Balaban J connectivity index is 2.81. The van der Waals surface area contributed by atoms with Crippen LogP contribution < -0.4 is 5.32 Å². The molecule has 1 nitrogen and oxygen atoms in total. The van der Waals surface area contributed by atoms with Crippen LogP contribution in [0.15, 0.2) is 0 Å². The van der Waals surface area contributed by atoms with E-state index in [1.54, 1.807) is 0 Å². The maximum atomic E-state index is 3.52. The van der Waals surface area contributed by atoms with E-state index in [0.29, 0.717) is 0 Å². The average Bonchev–Trinajstić information content (AvgIpc) is 2.26. The van der Waals surface area contributed by atoms with Crippen molar-refractivity contribution in [1.82, 2.24) is 5.32 Å². The van der Waals surface area contributed by atoms with E-state index in [9.17, 15) is 0 Å². The highest BCUT2D eigenvalue weighted by atomic mass is 32.2. The Labute approximate surface area is 101 Å². The average molecular weight is 231 g/mol. The highest BCUT2D eigenvalue weighted by molar-refractivity contribution is 7.99. The van der Waals surface area contributed by atoms with E-state index in [1.807, 2.05) is 11.8 Å². The molecule has 2 heteroatoms. The molecule has 0 aromatic heterocycles. The highest BCUT2D eigenvalue weighted by Crippen LogP contribution is 2.04. The van der Waals surface area contributed by atoms with Crippen LogP contribution in [0.4, 0.5) is 0 Å². The van der Waals surface area contributed by atoms with Gasteiger partial charge in [0.25, 0.3) is 0 Å². The molecule has 0 bridgehead atoms. The Morgan fingerprint density at radius 1 is 0.800 bits per heavy atom. The quantitative estimate of drug-likeness (QED) is 0.508. The second-order valence-electron chi connectivity index (χ2n) is 4.07. The molecule has 15 heavy (non-hydrogen) atoms. The fourth-order valence-electron chi connectivity index (χ4n) is 1.60. The number of hydrogen-bond donors (Lipinski definition) is 1. The van der Waals surface area contributed by atoms with E-state index < -0.39 is 0 Å². The fraction of sp³-hybridized carbons (Fsp3) is 1.00. The zero-order chi connectivity index (χ0) is 11.2. The molecule has 1 N–H and O–H groups in total. The molecule has 0 aliphatic rings. The molecule has 0 aromatic carbocycles. The summed E-state index contributed by atoms with van der Waals surface area (Å²) in [7, 11) is 0. The van der Waals surface area contributed by atoms with Gasteiger partial charge in [0.15, 0.2) is 0 Å².